The first-order chi connectivity index (χ1) is 8.81. The van der Waals surface area contributed by atoms with Crippen LogP contribution in [0.1, 0.15) is 15.9 Å². The molecule has 0 aliphatic rings. The van der Waals surface area contributed by atoms with Gasteiger partial charge in [-0.15, -0.1) is 0 Å². The highest BCUT2D eigenvalue weighted by molar-refractivity contribution is 5.74. The Morgan fingerprint density at radius 3 is 2.61 bits per heavy atom. The third kappa shape index (κ3) is 3.07. The Balaban J connectivity index is 1.99. The summed E-state index contributed by atoms with van der Waals surface area (Å²) in [5, 5.41) is 0. The summed E-state index contributed by atoms with van der Waals surface area (Å²) in [4.78, 5) is 14.5. The molecule has 0 amide bonds. The van der Waals surface area contributed by atoms with E-state index in [2.05, 4.69) is 4.98 Å². The van der Waals surface area contributed by atoms with Crippen LogP contribution < -0.4 is 9.47 Å². The summed E-state index contributed by atoms with van der Waals surface area (Å²) in [7, 11) is 1.63. The zero-order valence-corrected chi connectivity index (χ0v) is 10.00. The van der Waals surface area contributed by atoms with E-state index in [1.165, 1.54) is 6.20 Å². The van der Waals surface area contributed by atoms with Crippen LogP contribution in [0.25, 0.3) is 0 Å². The molecule has 0 saturated carbocycles. The second-order valence-electron chi connectivity index (χ2n) is 3.71. The van der Waals surface area contributed by atoms with Gasteiger partial charge in [-0.2, -0.15) is 0 Å². The predicted molar refractivity (Wildman–Crippen MR) is 67.0 cm³/mol. The molecule has 4 heteroatoms. The van der Waals surface area contributed by atoms with Crippen LogP contribution in [0.4, 0.5) is 0 Å². The molecule has 0 unspecified atom stereocenters. The molecular weight excluding hydrogens is 230 g/mol. The fourth-order valence-electron chi connectivity index (χ4n) is 1.47. The van der Waals surface area contributed by atoms with Crippen molar-refractivity contribution in [3.63, 3.8) is 0 Å². The van der Waals surface area contributed by atoms with E-state index in [1.54, 1.807) is 19.4 Å². The number of carbonyl (C=O) groups is 1. The molecule has 0 N–H and O–H groups in total. The van der Waals surface area contributed by atoms with Gasteiger partial charge in [-0.1, -0.05) is 12.1 Å². The standard InChI is InChI=1S/C14H13NO3/c1-17-13-4-2-11(3-5-13)10-18-14-6-12(9-16)7-15-8-14/h2-9H,10H2,1H3. The molecule has 1 aromatic heterocycles. The average Bonchev–Trinajstić information content (AvgIpc) is 2.46. The van der Waals surface area contributed by atoms with Gasteiger partial charge in [-0.3, -0.25) is 9.78 Å². The average molecular weight is 243 g/mol. The number of nitrogens with zero attached hydrogens (tertiary/aromatic N) is 1. The molecule has 18 heavy (non-hydrogen) atoms. The van der Waals surface area contributed by atoms with Crippen LogP contribution in [0.15, 0.2) is 42.7 Å². The van der Waals surface area contributed by atoms with Gasteiger partial charge in [0.15, 0.2) is 6.29 Å². The third-order valence-corrected chi connectivity index (χ3v) is 2.43. The van der Waals surface area contributed by atoms with Crippen LogP contribution >= 0.6 is 0 Å². The number of hydrogen-bond donors (Lipinski definition) is 0. The van der Waals surface area contributed by atoms with E-state index in [0.29, 0.717) is 17.9 Å². The number of pyridine rings is 1. The van der Waals surface area contributed by atoms with Crippen molar-refractivity contribution in [1.29, 1.82) is 0 Å². The molecule has 4 nitrogen and oxygen atoms in total. The van der Waals surface area contributed by atoms with Crippen molar-refractivity contribution < 1.29 is 14.3 Å². The lowest BCUT2D eigenvalue weighted by Gasteiger charge is -2.06. The maximum atomic E-state index is 10.6. The summed E-state index contributed by atoms with van der Waals surface area (Å²) in [6, 6.07) is 9.26. The molecule has 0 aliphatic carbocycles. The second kappa shape index (κ2) is 5.82. The van der Waals surface area contributed by atoms with Gasteiger partial charge in [0.2, 0.25) is 0 Å². The van der Waals surface area contributed by atoms with E-state index in [9.17, 15) is 4.79 Å². The molecule has 0 aliphatic heterocycles. The molecule has 2 rings (SSSR count). The van der Waals surface area contributed by atoms with Crippen molar-refractivity contribution in [2.75, 3.05) is 7.11 Å². The lowest BCUT2D eigenvalue weighted by atomic mass is 10.2. The zero-order chi connectivity index (χ0) is 12.8. The quantitative estimate of drug-likeness (QED) is 0.757. The van der Waals surface area contributed by atoms with E-state index >= 15 is 0 Å². The van der Waals surface area contributed by atoms with Crippen LogP contribution in [0.3, 0.4) is 0 Å². The number of methoxy groups -OCH3 is 1. The minimum absolute atomic E-state index is 0.425. The Morgan fingerprint density at radius 1 is 1.17 bits per heavy atom. The topological polar surface area (TPSA) is 48.4 Å². The minimum Gasteiger partial charge on any atom is -0.497 e. The van der Waals surface area contributed by atoms with Gasteiger partial charge in [0.25, 0.3) is 0 Å². The molecule has 0 radical (unpaired) electrons. The Bertz CT molecular complexity index is 523. The lowest BCUT2D eigenvalue weighted by molar-refractivity contribution is 0.112. The SMILES string of the molecule is COc1ccc(COc2cncc(C=O)c2)cc1. The fraction of sp³-hybridized carbons (Fsp3) is 0.143. The molecule has 0 saturated heterocycles. The Morgan fingerprint density at radius 2 is 1.94 bits per heavy atom. The van der Waals surface area contributed by atoms with E-state index < -0.39 is 0 Å². The number of benzene rings is 1. The third-order valence-electron chi connectivity index (χ3n) is 2.43. The summed E-state index contributed by atoms with van der Waals surface area (Å²) in [5.74, 6) is 1.39. The molecule has 0 bridgehead atoms. The van der Waals surface area contributed by atoms with Crippen molar-refractivity contribution in [3.05, 3.63) is 53.9 Å². The van der Waals surface area contributed by atoms with Crippen molar-refractivity contribution in [2.45, 2.75) is 6.61 Å². The van der Waals surface area contributed by atoms with Gasteiger partial charge in [-0.05, 0) is 23.8 Å². The molecule has 0 spiro atoms. The second-order valence-corrected chi connectivity index (χ2v) is 3.71. The predicted octanol–water partition coefficient (Wildman–Crippen LogP) is 2.48. The molecule has 0 fully saturated rings. The number of aldehydes is 1. The van der Waals surface area contributed by atoms with Crippen molar-refractivity contribution >= 4 is 6.29 Å². The smallest absolute Gasteiger partial charge is 0.151 e. The number of ether oxygens (including phenoxy) is 2. The van der Waals surface area contributed by atoms with Crippen LogP contribution in [-0.4, -0.2) is 18.4 Å². The maximum Gasteiger partial charge on any atom is 0.151 e. The normalized spacial score (nSPS) is 9.83. The monoisotopic (exact) mass is 243 g/mol. The van der Waals surface area contributed by atoms with E-state index in [0.717, 1.165) is 17.6 Å². The molecule has 2 aromatic rings. The summed E-state index contributed by atoms with van der Waals surface area (Å²) in [6.45, 7) is 0.425. The minimum atomic E-state index is 0.425. The Kier molecular flexibility index (Phi) is 3.91. The van der Waals surface area contributed by atoms with Gasteiger partial charge in [-0.25, -0.2) is 0 Å². The largest absolute Gasteiger partial charge is 0.497 e. The van der Waals surface area contributed by atoms with E-state index in [4.69, 9.17) is 9.47 Å². The summed E-state index contributed by atoms with van der Waals surface area (Å²) < 4.78 is 10.6. The number of rotatable bonds is 5. The molecule has 92 valence electrons. The maximum absolute atomic E-state index is 10.6. The highest BCUT2D eigenvalue weighted by Crippen LogP contribution is 2.15. The number of hydrogen-bond acceptors (Lipinski definition) is 4. The van der Waals surface area contributed by atoms with Gasteiger partial charge in [0.1, 0.15) is 18.1 Å². The number of aromatic nitrogens is 1. The first-order valence-electron chi connectivity index (χ1n) is 5.48. The molecule has 0 atom stereocenters. The van der Waals surface area contributed by atoms with Gasteiger partial charge in [0.05, 0.1) is 13.3 Å². The molecule has 1 heterocycles. The number of carbonyl (C=O) groups excluding carboxylic acids is 1. The Hall–Kier alpha value is -2.36. The van der Waals surface area contributed by atoms with Crippen LogP contribution in [0.2, 0.25) is 0 Å². The van der Waals surface area contributed by atoms with E-state index in [1.807, 2.05) is 24.3 Å². The van der Waals surface area contributed by atoms with Crippen LogP contribution in [-0.2, 0) is 6.61 Å². The first kappa shape index (κ1) is 12.1. The van der Waals surface area contributed by atoms with Crippen LogP contribution in [0, 0.1) is 0 Å². The fourth-order valence-corrected chi connectivity index (χ4v) is 1.47. The van der Waals surface area contributed by atoms with Crippen LogP contribution in [0.5, 0.6) is 11.5 Å². The molecule has 1 aromatic carbocycles. The summed E-state index contributed by atoms with van der Waals surface area (Å²) in [5.41, 5.74) is 1.52. The van der Waals surface area contributed by atoms with Gasteiger partial charge >= 0.3 is 0 Å². The summed E-state index contributed by atoms with van der Waals surface area (Å²) >= 11 is 0. The first-order valence-corrected chi connectivity index (χ1v) is 5.48. The van der Waals surface area contributed by atoms with Gasteiger partial charge < -0.3 is 9.47 Å². The van der Waals surface area contributed by atoms with Crippen molar-refractivity contribution in [2.24, 2.45) is 0 Å². The van der Waals surface area contributed by atoms with Gasteiger partial charge in [0, 0.05) is 11.8 Å². The lowest BCUT2D eigenvalue weighted by Crippen LogP contribution is -1.96. The Labute approximate surface area is 105 Å². The highest BCUT2D eigenvalue weighted by Gasteiger charge is 1.99. The van der Waals surface area contributed by atoms with E-state index in [-0.39, 0.29) is 0 Å². The van der Waals surface area contributed by atoms with Crippen molar-refractivity contribution in [1.82, 2.24) is 4.98 Å². The molecular formula is C14H13NO3. The summed E-state index contributed by atoms with van der Waals surface area (Å²) in [6.07, 6.45) is 3.82. The van der Waals surface area contributed by atoms with Crippen molar-refractivity contribution in [3.8, 4) is 11.5 Å². The zero-order valence-electron chi connectivity index (χ0n) is 10.00. The highest BCUT2D eigenvalue weighted by atomic mass is 16.5.